The van der Waals surface area contributed by atoms with Crippen molar-refractivity contribution >= 4 is 21.6 Å². The molecule has 146 valence electrons. The van der Waals surface area contributed by atoms with E-state index in [4.69, 9.17) is 0 Å². The van der Waals surface area contributed by atoms with Crippen LogP contribution < -0.4 is 5.32 Å². The highest BCUT2D eigenvalue weighted by molar-refractivity contribution is 7.89. The molecule has 0 saturated carbocycles. The molecule has 1 aromatic rings. The molecule has 0 aliphatic carbocycles. The first-order valence-corrected chi connectivity index (χ1v) is 10.2. The molecule has 0 radical (unpaired) electrons. The van der Waals surface area contributed by atoms with E-state index in [2.05, 4.69) is 5.32 Å². The second-order valence-corrected chi connectivity index (χ2v) is 8.45. The number of nitrogens with one attached hydrogen (secondary N) is 1. The van der Waals surface area contributed by atoms with Crippen molar-refractivity contribution < 1.29 is 26.4 Å². The number of anilines is 1. The summed E-state index contributed by atoms with van der Waals surface area (Å²) >= 11 is 0. The summed E-state index contributed by atoms with van der Waals surface area (Å²) in [6.45, 7) is 1.11. The summed E-state index contributed by atoms with van der Waals surface area (Å²) in [6.07, 6.45) is -0.916. The van der Waals surface area contributed by atoms with Crippen molar-refractivity contribution in [1.82, 2.24) is 4.31 Å². The Bertz CT molecular complexity index is 714. The summed E-state index contributed by atoms with van der Waals surface area (Å²) in [4.78, 5) is 11.8. The number of sulfonamides is 1. The van der Waals surface area contributed by atoms with E-state index in [-0.39, 0.29) is 17.9 Å². The number of hydrogen-bond donors (Lipinski definition) is 1. The Morgan fingerprint density at radius 3 is 2.46 bits per heavy atom. The Morgan fingerprint density at radius 2 is 1.81 bits per heavy atom. The zero-order chi connectivity index (χ0) is 19.2. The molecule has 1 aromatic carbocycles. The number of benzene rings is 1. The van der Waals surface area contributed by atoms with Crippen LogP contribution in [0, 0.1) is 0 Å². The number of carbonyl (C=O) groups is 1. The van der Waals surface area contributed by atoms with Crippen molar-refractivity contribution in [1.29, 1.82) is 0 Å². The highest BCUT2D eigenvalue weighted by atomic mass is 32.2. The number of carbonyl (C=O) groups excluding carboxylic acids is 1. The summed E-state index contributed by atoms with van der Waals surface area (Å²) in [5.74, 6) is -0.441. The van der Waals surface area contributed by atoms with E-state index >= 15 is 0 Å². The Hall–Kier alpha value is -1.61. The van der Waals surface area contributed by atoms with Gasteiger partial charge < -0.3 is 5.32 Å². The fourth-order valence-corrected chi connectivity index (χ4v) is 4.48. The minimum atomic E-state index is -4.47. The lowest BCUT2D eigenvalue weighted by Crippen LogP contribution is -2.37. The van der Waals surface area contributed by atoms with E-state index in [0.717, 1.165) is 31.4 Å². The van der Waals surface area contributed by atoms with Gasteiger partial charge in [0.05, 0.1) is 11.3 Å². The van der Waals surface area contributed by atoms with Gasteiger partial charge in [-0.25, -0.2) is 12.7 Å². The van der Waals surface area contributed by atoms with Gasteiger partial charge >= 0.3 is 6.18 Å². The number of nitrogens with zero attached hydrogens (tertiary/aromatic N) is 1. The van der Waals surface area contributed by atoms with Crippen LogP contribution in [0.15, 0.2) is 24.3 Å². The average Bonchev–Trinajstić information content (AvgIpc) is 2.59. The molecular formula is C17H23F3N2O3S. The minimum Gasteiger partial charge on any atom is -0.326 e. The van der Waals surface area contributed by atoms with E-state index in [1.165, 1.54) is 16.4 Å². The molecule has 5 nitrogen and oxygen atoms in total. The molecule has 0 spiro atoms. The third-order valence-electron chi connectivity index (χ3n) is 4.24. The van der Waals surface area contributed by atoms with E-state index in [9.17, 15) is 26.4 Å². The van der Waals surface area contributed by atoms with Crippen LogP contribution in [-0.2, 0) is 21.0 Å². The number of rotatable bonds is 7. The maximum absolute atomic E-state index is 12.6. The summed E-state index contributed by atoms with van der Waals surface area (Å²) in [6, 6.07) is 4.41. The van der Waals surface area contributed by atoms with Crippen LogP contribution in [0.4, 0.5) is 18.9 Å². The molecule has 2 rings (SSSR count). The normalized spacial score (nSPS) is 16.4. The highest BCUT2D eigenvalue weighted by Gasteiger charge is 2.30. The molecule has 1 N–H and O–H groups in total. The fraction of sp³-hybridized carbons (Fsp3) is 0.588. The predicted octanol–water partition coefficient (Wildman–Crippen LogP) is 3.63. The standard InChI is InChI=1S/C17H23F3N2O3S/c18-17(19,20)14-7-6-8-15(13-14)21-16(23)9-2-5-12-26(24,25)22-10-3-1-4-11-22/h6-8,13H,1-5,9-12H2,(H,21,23). The van der Waals surface area contributed by atoms with Crippen molar-refractivity contribution in [3.8, 4) is 0 Å². The molecule has 1 heterocycles. The van der Waals surface area contributed by atoms with E-state index < -0.39 is 27.7 Å². The van der Waals surface area contributed by atoms with Crippen LogP contribution >= 0.6 is 0 Å². The fourth-order valence-electron chi connectivity index (χ4n) is 2.84. The zero-order valence-corrected chi connectivity index (χ0v) is 15.2. The van der Waals surface area contributed by atoms with Gasteiger partial charge in [-0.05, 0) is 43.9 Å². The molecule has 0 atom stereocenters. The van der Waals surface area contributed by atoms with Crippen molar-refractivity contribution in [2.45, 2.75) is 44.7 Å². The van der Waals surface area contributed by atoms with Crippen LogP contribution in [0.3, 0.4) is 0 Å². The molecule has 9 heteroatoms. The predicted molar refractivity (Wildman–Crippen MR) is 93.1 cm³/mol. The van der Waals surface area contributed by atoms with Gasteiger partial charge in [0.15, 0.2) is 0 Å². The monoisotopic (exact) mass is 392 g/mol. The van der Waals surface area contributed by atoms with Crippen LogP contribution in [0.25, 0.3) is 0 Å². The van der Waals surface area contributed by atoms with Gasteiger partial charge in [0.25, 0.3) is 0 Å². The van der Waals surface area contributed by atoms with Crippen LogP contribution in [0.1, 0.15) is 44.1 Å². The van der Waals surface area contributed by atoms with Gasteiger partial charge in [-0.2, -0.15) is 13.2 Å². The lowest BCUT2D eigenvalue weighted by Gasteiger charge is -2.25. The van der Waals surface area contributed by atoms with Crippen molar-refractivity contribution in [2.75, 3.05) is 24.2 Å². The lowest BCUT2D eigenvalue weighted by molar-refractivity contribution is -0.137. The summed E-state index contributed by atoms with van der Waals surface area (Å²) in [5.41, 5.74) is -0.756. The zero-order valence-electron chi connectivity index (χ0n) is 14.4. The Morgan fingerprint density at radius 1 is 1.12 bits per heavy atom. The summed E-state index contributed by atoms with van der Waals surface area (Å²) < 4.78 is 63.8. The van der Waals surface area contributed by atoms with Gasteiger partial charge in [0.2, 0.25) is 15.9 Å². The smallest absolute Gasteiger partial charge is 0.326 e. The largest absolute Gasteiger partial charge is 0.416 e. The number of alkyl halides is 3. The third-order valence-corrected chi connectivity index (χ3v) is 6.19. The van der Waals surface area contributed by atoms with Crippen LogP contribution in [0.5, 0.6) is 0 Å². The maximum atomic E-state index is 12.6. The first-order chi connectivity index (χ1) is 12.2. The Labute approximate surface area is 151 Å². The highest BCUT2D eigenvalue weighted by Crippen LogP contribution is 2.30. The molecule has 1 aliphatic heterocycles. The van der Waals surface area contributed by atoms with Gasteiger partial charge in [0, 0.05) is 25.2 Å². The molecule has 1 aliphatic rings. The Kier molecular flexibility index (Phi) is 7.05. The van der Waals surface area contributed by atoms with Gasteiger partial charge in [-0.3, -0.25) is 4.79 Å². The molecule has 1 fully saturated rings. The molecule has 26 heavy (non-hydrogen) atoms. The van der Waals surface area contributed by atoms with E-state index in [1.54, 1.807) is 0 Å². The number of amides is 1. The van der Waals surface area contributed by atoms with Crippen molar-refractivity contribution in [3.63, 3.8) is 0 Å². The second-order valence-electron chi connectivity index (χ2n) is 6.36. The number of hydrogen-bond acceptors (Lipinski definition) is 3. The first kappa shape index (κ1) is 20.7. The average molecular weight is 392 g/mol. The SMILES string of the molecule is O=C(CCCCS(=O)(=O)N1CCCCC1)Nc1cccc(C(F)(F)F)c1. The van der Waals surface area contributed by atoms with Gasteiger partial charge in [0.1, 0.15) is 0 Å². The van der Waals surface area contributed by atoms with Crippen LogP contribution in [-0.4, -0.2) is 37.5 Å². The summed E-state index contributed by atoms with van der Waals surface area (Å²) in [5, 5.41) is 2.42. The molecule has 1 amide bonds. The summed E-state index contributed by atoms with van der Waals surface area (Å²) in [7, 11) is -3.29. The Balaban J connectivity index is 1.75. The topological polar surface area (TPSA) is 66.5 Å². The quantitative estimate of drug-likeness (QED) is 0.721. The molecular weight excluding hydrogens is 369 g/mol. The van der Waals surface area contributed by atoms with Crippen molar-refractivity contribution in [3.05, 3.63) is 29.8 Å². The molecule has 1 saturated heterocycles. The van der Waals surface area contributed by atoms with Gasteiger partial charge in [-0.15, -0.1) is 0 Å². The minimum absolute atomic E-state index is 0.0101. The molecule has 0 bridgehead atoms. The van der Waals surface area contributed by atoms with E-state index in [1.807, 2.05) is 0 Å². The molecule has 0 aromatic heterocycles. The lowest BCUT2D eigenvalue weighted by atomic mass is 10.2. The number of unbranched alkanes of at least 4 members (excludes halogenated alkanes) is 1. The second kappa shape index (κ2) is 8.85. The van der Waals surface area contributed by atoms with Crippen molar-refractivity contribution in [2.24, 2.45) is 0 Å². The first-order valence-electron chi connectivity index (χ1n) is 8.63. The maximum Gasteiger partial charge on any atom is 0.416 e. The number of piperidine rings is 1. The number of halogens is 3. The van der Waals surface area contributed by atoms with Crippen LogP contribution in [0.2, 0.25) is 0 Å². The third kappa shape index (κ3) is 6.28. The van der Waals surface area contributed by atoms with E-state index in [0.29, 0.717) is 25.9 Å². The van der Waals surface area contributed by atoms with Gasteiger partial charge in [-0.1, -0.05) is 12.5 Å². The molecule has 0 unspecified atom stereocenters.